The van der Waals surface area contributed by atoms with E-state index >= 15 is 0 Å². The Hall–Kier alpha value is -3.13. The first-order valence-electron chi connectivity index (χ1n) is 7.25. The van der Waals surface area contributed by atoms with Crippen molar-refractivity contribution in [2.75, 3.05) is 12.4 Å². The van der Waals surface area contributed by atoms with Gasteiger partial charge >= 0.3 is 0 Å². The van der Waals surface area contributed by atoms with Crippen LogP contribution in [0.25, 0.3) is 5.82 Å². The highest BCUT2D eigenvalue weighted by Gasteiger charge is 2.16. The van der Waals surface area contributed by atoms with E-state index in [9.17, 15) is 9.59 Å². The van der Waals surface area contributed by atoms with Gasteiger partial charge in [0.2, 0.25) is 0 Å². The second-order valence-electron chi connectivity index (χ2n) is 5.14. The minimum atomic E-state index is -0.339. The summed E-state index contributed by atoms with van der Waals surface area (Å²) in [5.74, 6) is 0.589. The number of carbonyl (C=O) groups is 1. The summed E-state index contributed by atoms with van der Waals surface area (Å²) in [6.07, 6.45) is 1.43. The summed E-state index contributed by atoms with van der Waals surface area (Å²) < 4.78 is 6.54. The molecule has 3 aromatic rings. The fourth-order valence-electron chi connectivity index (χ4n) is 2.26. The number of hydrogen-bond donors (Lipinski definition) is 2. The minimum absolute atomic E-state index is 0.317. The number of H-pyrrole nitrogens is 1. The average molecular weight is 360 g/mol. The molecule has 0 fully saturated rings. The Kier molecular flexibility index (Phi) is 4.53. The number of aromatic amines is 1. The predicted molar refractivity (Wildman–Crippen MR) is 92.7 cm³/mol. The van der Waals surface area contributed by atoms with Crippen LogP contribution in [-0.2, 0) is 0 Å². The van der Waals surface area contributed by atoms with E-state index in [0.29, 0.717) is 33.5 Å². The van der Waals surface area contributed by atoms with E-state index in [2.05, 4.69) is 20.6 Å². The Labute approximate surface area is 147 Å². The van der Waals surface area contributed by atoms with E-state index < -0.39 is 0 Å². The summed E-state index contributed by atoms with van der Waals surface area (Å²) in [6.45, 7) is 1.73. The molecule has 0 aliphatic rings. The van der Waals surface area contributed by atoms with Crippen LogP contribution in [0.2, 0.25) is 5.02 Å². The van der Waals surface area contributed by atoms with Crippen molar-refractivity contribution in [1.82, 2.24) is 20.0 Å². The molecule has 0 bridgehead atoms. The lowest BCUT2D eigenvalue weighted by atomic mass is 10.2. The Morgan fingerprint density at radius 1 is 1.32 bits per heavy atom. The van der Waals surface area contributed by atoms with Gasteiger partial charge in [-0.2, -0.15) is 10.2 Å². The van der Waals surface area contributed by atoms with Crippen LogP contribution in [0.15, 0.2) is 41.3 Å². The number of methoxy groups -OCH3 is 1. The van der Waals surface area contributed by atoms with E-state index in [4.69, 9.17) is 16.3 Å². The highest BCUT2D eigenvalue weighted by atomic mass is 35.5. The Balaban J connectivity index is 1.85. The number of amides is 1. The van der Waals surface area contributed by atoms with Gasteiger partial charge in [0.25, 0.3) is 11.5 Å². The average Bonchev–Trinajstić information content (AvgIpc) is 2.97. The molecule has 0 spiro atoms. The molecule has 128 valence electrons. The quantitative estimate of drug-likeness (QED) is 0.743. The van der Waals surface area contributed by atoms with Crippen molar-refractivity contribution in [3.63, 3.8) is 0 Å². The molecule has 0 aliphatic carbocycles. The van der Waals surface area contributed by atoms with Crippen LogP contribution in [0.3, 0.4) is 0 Å². The van der Waals surface area contributed by atoms with Crippen LogP contribution >= 0.6 is 11.6 Å². The lowest BCUT2D eigenvalue weighted by molar-refractivity contribution is 0.102. The van der Waals surface area contributed by atoms with Crippen molar-refractivity contribution < 1.29 is 9.53 Å². The topological polar surface area (TPSA) is 102 Å². The number of nitrogens with one attached hydrogen (secondary N) is 2. The van der Waals surface area contributed by atoms with Crippen LogP contribution < -0.4 is 15.6 Å². The molecule has 8 nitrogen and oxygen atoms in total. The number of hydrogen-bond acceptors (Lipinski definition) is 5. The van der Waals surface area contributed by atoms with E-state index in [1.54, 1.807) is 25.1 Å². The molecule has 0 saturated heterocycles. The third-order valence-electron chi connectivity index (χ3n) is 3.55. The van der Waals surface area contributed by atoms with Gasteiger partial charge in [0.05, 0.1) is 29.6 Å². The van der Waals surface area contributed by atoms with Crippen LogP contribution in [0, 0.1) is 6.92 Å². The van der Waals surface area contributed by atoms with Gasteiger partial charge in [0.1, 0.15) is 5.75 Å². The van der Waals surface area contributed by atoms with Crippen LogP contribution in [0.5, 0.6) is 5.75 Å². The second-order valence-corrected chi connectivity index (χ2v) is 5.55. The maximum Gasteiger partial charge on any atom is 0.264 e. The molecular weight excluding hydrogens is 346 g/mol. The lowest BCUT2D eigenvalue weighted by Gasteiger charge is -2.08. The number of anilines is 1. The number of benzene rings is 1. The Morgan fingerprint density at radius 2 is 2.12 bits per heavy atom. The molecule has 2 aromatic heterocycles. The highest BCUT2D eigenvalue weighted by molar-refractivity contribution is 6.32. The molecule has 0 unspecified atom stereocenters. The largest absolute Gasteiger partial charge is 0.495 e. The number of carbonyl (C=O) groups excluding carboxylic acids is 1. The number of nitrogens with zero attached hydrogens (tertiary/aromatic N) is 3. The first-order chi connectivity index (χ1) is 12.0. The van der Waals surface area contributed by atoms with Crippen molar-refractivity contribution in [2.24, 2.45) is 0 Å². The molecule has 25 heavy (non-hydrogen) atoms. The van der Waals surface area contributed by atoms with Crippen molar-refractivity contribution in [2.45, 2.75) is 6.92 Å². The summed E-state index contributed by atoms with van der Waals surface area (Å²) in [6, 6.07) is 7.80. The van der Waals surface area contributed by atoms with Crippen molar-refractivity contribution in [3.8, 4) is 11.6 Å². The van der Waals surface area contributed by atoms with Crippen LogP contribution in [-0.4, -0.2) is 33.0 Å². The molecule has 1 amide bonds. The van der Waals surface area contributed by atoms with Gasteiger partial charge in [-0.15, -0.1) is 0 Å². The highest BCUT2D eigenvalue weighted by Crippen LogP contribution is 2.27. The summed E-state index contributed by atoms with van der Waals surface area (Å²) in [7, 11) is 1.52. The summed E-state index contributed by atoms with van der Waals surface area (Å²) in [5.41, 5.74) is 1.17. The minimum Gasteiger partial charge on any atom is -0.495 e. The Morgan fingerprint density at radius 3 is 2.76 bits per heavy atom. The van der Waals surface area contributed by atoms with Gasteiger partial charge in [0.15, 0.2) is 5.82 Å². The number of aromatic nitrogens is 4. The molecule has 0 atom stereocenters. The standard InChI is InChI=1S/C16H14ClN5O3/c1-9-11(8-18-22(9)14-5-6-15(23)21-20-14)16(24)19-10-3-4-13(25-2)12(17)7-10/h3-8H,1-2H3,(H,19,24)(H,21,23). The van der Waals surface area contributed by atoms with Crippen LogP contribution in [0.4, 0.5) is 5.69 Å². The molecule has 2 heterocycles. The van der Waals surface area contributed by atoms with Crippen molar-refractivity contribution in [1.29, 1.82) is 0 Å². The third-order valence-corrected chi connectivity index (χ3v) is 3.84. The number of ether oxygens (including phenoxy) is 1. The maximum absolute atomic E-state index is 12.5. The van der Waals surface area contributed by atoms with Gasteiger partial charge in [0, 0.05) is 11.8 Å². The zero-order valence-corrected chi connectivity index (χ0v) is 14.2. The second kappa shape index (κ2) is 6.78. The molecule has 0 aliphatic heterocycles. The molecule has 0 saturated carbocycles. The first-order valence-corrected chi connectivity index (χ1v) is 7.63. The fraction of sp³-hybridized carbons (Fsp3) is 0.125. The zero-order chi connectivity index (χ0) is 18.0. The van der Waals surface area contributed by atoms with Gasteiger partial charge < -0.3 is 10.1 Å². The van der Waals surface area contributed by atoms with Gasteiger partial charge in [-0.25, -0.2) is 9.78 Å². The van der Waals surface area contributed by atoms with E-state index in [1.807, 2.05) is 0 Å². The summed E-state index contributed by atoms with van der Waals surface area (Å²) >= 11 is 6.06. The molecule has 3 rings (SSSR count). The maximum atomic E-state index is 12.5. The molecule has 2 N–H and O–H groups in total. The van der Waals surface area contributed by atoms with Gasteiger partial charge in [-0.1, -0.05) is 11.6 Å². The normalized spacial score (nSPS) is 10.5. The van der Waals surface area contributed by atoms with Crippen molar-refractivity contribution in [3.05, 3.63) is 63.2 Å². The fourth-order valence-corrected chi connectivity index (χ4v) is 2.52. The Bertz CT molecular complexity index is 975. The molecule has 9 heteroatoms. The summed E-state index contributed by atoms with van der Waals surface area (Å²) in [5, 5.41) is 13.5. The third kappa shape index (κ3) is 3.38. The predicted octanol–water partition coefficient (Wildman–Crippen LogP) is 2.18. The molecule has 1 aromatic carbocycles. The number of halogens is 1. The lowest BCUT2D eigenvalue weighted by Crippen LogP contribution is -2.14. The molecule has 0 radical (unpaired) electrons. The number of rotatable bonds is 4. The van der Waals surface area contributed by atoms with Crippen LogP contribution in [0.1, 0.15) is 16.1 Å². The van der Waals surface area contributed by atoms with E-state index in [0.717, 1.165) is 0 Å². The van der Waals surface area contributed by atoms with Gasteiger partial charge in [-0.05, 0) is 31.2 Å². The van der Waals surface area contributed by atoms with E-state index in [1.165, 1.54) is 30.1 Å². The summed E-state index contributed by atoms with van der Waals surface area (Å²) in [4.78, 5) is 23.6. The van der Waals surface area contributed by atoms with Gasteiger partial charge in [-0.3, -0.25) is 9.59 Å². The van der Waals surface area contributed by atoms with E-state index in [-0.39, 0.29) is 11.5 Å². The smallest absolute Gasteiger partial charge is 0.264 e. The SMILES string of the molecule is COc1ccc(NC(=O)c2cnn(-c3ccc(=O)[nH]n3)c2C)cc1Cl. The first kappa shape index (κ1) is 16.7. The monoisotopic (exact) mass is 359 g/mol. The van der Waals surface area contributed by atoms with Crippen molar-refractivity contribution >= 4 is 23.2 Å². The molecular formula is C16H14ClN5O3. The zero-order valence-electron chi connectivity index (χ0n) is 13.4.